The van der Waals surface area contributed by atoms with Gasteiger partial charge in [-0.2, -0.15) is 0 Å². The summed E-state index contributed by atoms with van der Waals surface area (Å²) in [7, 11) is 0. The first kappa shape index (κ1) is 11.0. The minimum absolute atomic E-state index is 0.470. The summed E-state index contributed by atoms with van der Waals surface area (Å²) in [6, 6.07) is 0.470. The average molecular weight is 183 g/mol. The van der Waals surface area contributed by atoms with Crippen LogP contribution in [-0.4, -0.2) is 6.04 Å². The van der Waals surface area contributed by atoms with E-state index in [9.17, 15) is 0 Å². The van der Waals surface area contributed by atoms with Crippen LogP contribution in [0.4, 0.5) is 0 Å². The van der Waals surface area contributed by atoms with E-state index in [2.05, 4.69) is 6.92 Å². The Balaban J connectivity index is 2.31. The van der Waals surface area contributed by atoms with Crippen LogP contribution >= 0.6 is 0 Å². The van der Waals surface area contributed by atoms with Crippen LogP contribution in [0.1, 0.15) is 64.7 Å². The first-order valence-corrected chi connectivity index (χ1v) is 6.10. The lowest BCUT2D eigenvalue weighted by molar-refractivity contribution is 0.347. The lowest BCUT2D eigenvalue weighted by Gasteiger charge is -2.22. The van der Waals surface area contributed by atoms with Crippen LogP contribution in [0.25, 0.3) is 0 Å². The summed E-state index contributed by atoms with van der Waals surface area (Å²) < 4.78 is 0. The topological polar surface area (TPSA) is 26.0 Å². The monoisotopic (exact) mass is 183 g/mol. The number of hydrogen-bond acceptors (Lipinski definition) is 1. The smallest absolute Gasteiger partial charge is 0.00645 e. The molecule has 0 radical (unpaired) electrons. The highest BCUT2D eigenvalue weighted by molar-refractivity contribution is 4.72. The normalized spacial score (nSPS) is 24.5. The Morgan fingerprint density at radius 3 is 1.92 bits per heavy atom. The maximum atomic E-state index is 6.12. The van der Waals surface area contributed by atoms with E-state index in [0.29, 0.717) is 6.04 Å². The van der Waals surface area contributed by atoms with Gasteiger partial charge in [0.15, 0.2) is 0 Å². The van der Waals surface area contributed by atoms with Crippen molar-refractivity contribution < 1.29 is 0 Å². The van der Waals surface area contributed by atoms with Crippen molar-refractivity contribution >= 4 is 0 Å². The molecule has 0 saturated heterocycles. The summed E-state index contributed by atoms with van der Waals surface area (Å²) in [5.41, 5.74) is 6.12. The van der Waals surface area contributed by atoms with Crippen molar-refractivity contribution in [1.29, 1.82) is 0 Å². The second kappa shape index (κ2) is 6.42. The molecule has 78 valence electrons. The second-order valence-electron chi connectivity index (χ2n) is 4.53. The fourth-order valence-electron chi connectivity index (χ4n) is 2.43. The van der Waals surface area contributed by atoms with Gasteiger partial charge >= 0.3 is 0 Å². The Morgan fingerprint density at radius 2 is 1.46 bits per heavy atom. The molecule has 0 bridgehead atoms. The number of nitrogens with two attached hydrogens (primary N) is 1. The summed E-state index contributed by atoms with van der Waals surface area (Å²) in [5, 5.41) is 0. The summed E-state index contributed by atoms with van der Waals surface area (Å²) >= 11 is 0. The lowest BCUT2D eigenvalue weighted by atomic mass is 9.89. The SMILES string of the molecule is CCC(N)C1CCCCCCCC1. The molecule has 1 fully saturated rings. The number of rotatable bonds is 2. The molecule has 1 rings (SSSR count). The van der Waals surface area contributed by atoms with Gasteiger partial charge in [-0.05, 0) is 25.2 Å². The maximum absolute atomic E-state index is 6.12. The van der Waals surface area contributed by atoms with Crippen LogP contribution in [0.2, 0.25) is 0 Å². The fraction of sp³-hybridized carbons (Fsp3) is 1.00. The molecular weight excluding hydrogens is 158 g/mol. The van der Waals surface area contributed by atoms with Gasteiger partial charge in [-0.3, -0.25) is 0 Å². The Labute approximate surface area is 83.1 Å². The highest BCUT2D eigenvalue weighted by atomic mass is 14.6. The molecule has 1 unspecified atom stereocenters. The van der Waals surface area contributed by atoms with E-state index in [1.165, 1.54) is 51.4 Å². The zero-order valence-electron chi connectivity index (χ0n) is 9.10. The molecule has 1 atom stereocenters. The zero-order valence-corrected chi connectivity index (χ0v) is 9.10. The largest absolute Gasteiger partial charge is 0.327 e. The molecule has 0 spiro atoms. The molecule has 1 aliphatic carbocycles. The highest BCUT2D eigenvalue weighted by Crippen LogP contribution is 2.24. The molecule has 0 aromatic heterocycles. The summed E-state index contributed by atoms with van der Waals surface area (Å²) in [5.74, 6) is 0.822. The standard InChI is InChI=1S/C12H25N/c1-2-12(13)11-9-7-5-3-4-6-8-10-11/h11-12H,2-10,13H2,1H3. The summed E-state index contributed by atoms with van der Waals surface area (Å²) in [4.78, 5) is 0. The van der Waals surface area contributed by atoms with Crippen molar-refractivity contribution in [3.05, 3.63) is 0 Å². The maximum Gasteiger partial charge on any atom is 0.00645 e. The van der Waals surface area contributed by atoms with Crippen molar-refractivity contribution in [3.63, 3.8) is 0 Å². The van der Waals surface area contributed by atoms with Crippen LogP contribution in [-0.2, 0) is 0 Å². The summed E-state index contributed by atoms with van der Waals surface area (Å²) in [6.07, 6.45) is 12.5. The molecular formula is C12H25N. The Hall–Kier alpha value is -0.0400. The van der Waals surface area contributed by atoms with Crippen molar-refractivity contribution in [2.24, 2.45) is 11.7 Å². The first-order chi connectivity index (χ1) is 6.34. The Morgan fingerprint density at radius 1 is 1.00 bits per heavy atom. The zero-order chi connectivity index (χ0) is 9.52. The molecule has 1 aliphatic rings. The van der Waals surface area contributed by atoms with Gasteiger partial charge in [-0.25, -0.2) is 0 Å². The molecule has 1 heteroatoms. The first-order valence-electron chi connectivity index (χ1n) is 6.10. The van der Waals surface area contributed by atoms with E-state index in [4.69, 9.17) is 5.73 Å². The van der Waals surface area contributed by atoms with Crippen LogP contribution in [0.15, 0.2) is 0 Å². The van der Waals surface area contributed by atoms with E-state index >= 15 is 0 Å². The minimum atomic E-state index is 0.470. The third-order valence-corrected chi connectivity index (χ3v) is 3.48. The minimum Gasteiger partial charge on any atom is -0.327 e. The third kappa shape index (κ3) is 4.12. The van der Waals surface area contributed by atoms with Gasteiger partial charge < -0.3 is 5.73 Å². The van der Waals surface area contributed by atoms with E-state index in [1.54, 1.807) is 0 Å². The van der Waals surface area contributed by atoms with Gasteiger partial charge in [-0.15, -0.1) is 0 Å². The van der Waals surface area contributed by atoms with E-state index in [0.717, 1.165) is 12.3 Å². The van der Waals surface area contributed by atoms with Crippen LogP contribution in [0.5, 0.6) is 0 Å². The van der Waals surface area contributed by atoms with Gasteiger partial charge in [0.2, 0.25) is 0 Å². The van der Waals surface area contributed by atoms with E-state index in [1.807, 2.05) is 0 Å². The molecule has 0 heterocycles. The predicted molar refractivity (Wildman–Crippen MR) is 58.7 cm³/mol. The van der Waals surface area contributed by atoms with Crippen molar-refractivity contribution in [2.75, 3.05) is 0 Å². The Bertz CT molecular complexity index is 112. The van der Waals surface area contributed by atoms with Gasteiger partial charge in [0.25, 0.3) is 0 Å². The van der Waals surface area contributed by atoms with E-state index in [-0.39, 0.29) is 0 Å². The average Bonchev–Trinajstić information content (AvgIpc) is 2.29. The van der Waals surface area contributed by atoms with E-state index < -0.39 is 0 Å². The molecule has 0 amide bonds. The fourth-order valence-corrected chi connectivity index (χ4v) is 2.43. The van der Waals surface area contributed by atoms with Gasteiger partial charge in [0, 0.05) is 6.04 Å². The predicted octanol–water partition coefficient (Wildman–Crippen LogP) is 3.47. The summed E-state index contributed by atoms with van der Waals surface area (Å²) in [6.45, 7) is 2.22. The van der Waals surface area contributed by atoms with Crippen LogP contribution < -0.4 is 5.73 Å². The molecule has 2 N–H and O–H groups in total. The molecule has 13 heavy (non-hydrogen) atoms. The molecule has 0 aliphatic heterocycles. The molecule has 1 saturated carbocycles. The van der Waals surface area contributed by atoms with Crippen molar-refractivity contribution in [2.45, 2.75) is 70.8 Å². The van der Waals surface area contributed by atoms with Crippen LogP contribution in [0.3, 0.4) is 0 Å². The lowest BCUT2D eigenvalue weighted by Crippen LogP contribution is -2.29. The molecule has 0 aromatic carbocycles. The molecule has 0 aromatic rings. The quantitative estimate of drug-likeness (QED) is 0.697. The number of hydrogen-bond donors (Lipinski definition) is 1. The van der Waals surface area contributed by atoms with Gasteiger partial charge in [-0.1, -0.05) is 45.4 Å². The second-order valence-corrected chi connectivity index (χ2v) is 4.53. The van der Waals surface area contributed by atoms with Gasteiger partial charge in [0.1, 0.15) is 0 Å². The van der Waals surface area contributed by atoms with Crippen molar-refractivity contribution in [1.82, 2.24) is 0 Å². The van der Waals surface area contributed by atoms with Gasteiger partial charge in [0.05, 0.1) is 0 Å². The molecule has 1 nitrogen and oxygen atoms in total. The van der Waals surface area contributed by atoms with Crippen LogP contribution in [0, 0.1) is 5.92 Å². The highest BCUT2D eigenvalue weighted by Gasteiger charge is 2.16. The third-order valence-electron chi connectivity index (χ3n) is 3.48. The Kier molecular flexibility index (Phi) is 5.45. The van der Waals surface area contributed by atoms with Crippen molar-refractivity contribution in [3.8, 4) is 0 Å².